The fourth-order valence-corrected chi connectivity index (χ4v) is 2.54. The third-order valence-corrected chi connectivity index (χ3v) is 3.85. The molecule has 0 aliphatic heterocycles. The van der Waals surface area contributed by atoms with Gasteiger partial charge in [-0.05, 0) is 45.0 Å². The summed E-state index contributed by atoms with van der Waals surface area (Å²) >= 11 is 1.86. The largest absolute Gasteiger partial charge is 0.318 e. The molecule has 0 saturated heterocycles. The summed E-state index contributed by atoms with van der Waals surface area (Å²) in [5.41, 5.74) is 1.42. The van der Waals surface area contributed by atoms with E-state index in [0.717, 1.165) is 13.1 Å². The minimum atomic E-state index is 0.531. The molecule has 80 valence electrons. The Morgan fingerprint density at radius 3 is 2.79 bits per heavy atom. The molecule has 14 heavy (non-hydrogen) atoms. The Kier molecular flexibility index (Phi) is 4.58. The first kappa shape index (κ1) is 11.7. The van der Waals surface area contributed by atoms with E-state index in [1.54, 1.807) is 0 Å². The van der Waals surface area contributed by atoms with Crippen LogP contribution in [0.5, 0.6) is 0 Å². The highest BCUT2D eigenvalue weighted by atomic mass is 32.1. The van der Waals surface area contributed by atoms with Crippen LogP contribution in [0.3, 0.4) is 0 Å². The second kappa shape index (κ2) is 5.49. The van der Waals surface area contributed by atoms with Gasteiger partial charge in [-0.1, -0.05) is 0 Å². The quantitative estimate of drug-likeness (QED) is 0.805. The summed E-state index contributed by atoms with van der Waals surface area (Å²) < 4.78 is 0. The van der Waals surface area contributed by atoms with E-state index in [2.05, 4.69) is 42.6 Å². The zero-order valence-electron chi connectivity index (χ0n) is 9.50. The number of hydrogen-bond acceptors (Lipinski definition) is 3. The van der Waals surface area contributed by atoms with Gasteiger partial charge in [-0.25, -0.2) is 0 Å². The average molecular weight is 212 g/mol. The van der Waals surface area contributed by atoms with Gasteiger partial charge in [0.1, 0.15) is 0 Å². The lowest BCUT2D eigenvalue weighted by atomic mass is 10.2. The molecular weight excluding hydrogens is 192 g/mol. The zero-order valence-corrected chi connectivity index (χ0v) is 10.3. The van der Waals surface area contributed by atoms with Gasteiger partial charge >= 0.3 is 0 Å². The maximum atomic E-state index is 3.18. The normalized spacial score (nSPS) is 13.5. The number of hydrogen-bond donors (Lipinski definition) is 1. The van der Waals surface area contributed by atoms with Crippen LogP contribution in [0.25, 0.3) is 0 Å². The van der Waals surface area contributed by atoms with E-state index in [1.165, 1.54) is 10.4 Å². The van der Waals surface area contributed by atoms with Crippen molar-refractivity contribution in [2.24, 2.45) is 0 Å². The van der Waals surface area contributed by atoms with Gasteiger partial charge in [0.2, 0.25) is 0 Å². The lowest BCUT2D eigenvalue weighted by Gasteiger charge is -2.24. The third kappa shape index (κ3) is 2.80. The number of aryl methyl sites for hydroxylation is 1. The molecule has 0 amide bonds. The van der Waals surface area contributed by atoms with Crippen LogP contribution in [0, 0.1) is 6.92 Å². The standard InChI is InChI=1S/C11H20N2S/c1-9-5-8-14-11(9)10(2)13(4)7-6-12-3/h5,8,10,12H,6-7H2,1-4H3. The van der Waals surface area contributed by atoms with Gasteiger partial charge in [-0.2, -0.15) is 0 Å². The van der Waals surface area contributed by atoms with Crippen molar-refractivity contribution in [2.75, 3.05) is 27.2 Å². The van der Waals surface area contributed by atoms with Crippen molar-refractivity contribution in [3.8, 4) is 0 Å². The van der Waals surface area contributed by atoms with Crippen LogP contribution < -0.4 is 5.32 Å². The molecule has 0 fully saturated rings. The molecule has 2 nitrogen and oxygen atoms in total. The van der Waals surface area contributed by atoms with Crippen LogP contribution >= 0.6 is 11.3 Å². The Hall–Kier alpha value is -0.380. The van der Waals surface area contributed by atoms with Gasteiger partial charge < -0.3 is 5.32 Å². The highest BCUT2D eigenvalue weighted by molar-refractivity contribution is 7.10. The molecule has 3 heteroatoms. The lowest BCUT2D eigenvalue weighted by Crippen LogP contribution is -2.29. The van der Waals surface area contributed by atoms with Crippen LogP contribution in [-0.4, -0.2) is 32.1 Å². The van der Waals surface area contributed by atoms with Crippen molar-refractivity contribution < 1.29 is 0 Å². The monoisotopic (exact) mass is 212 g/mol. The van der Waals surface area contributed by atoms with Gasteiger partial charge in [0, 0.05) is 24.0 Å². The molecule has 0 spiro atoms. The summed E-state index contributed by atoms with van der Waals surface area (Å²) in [6, 6.07) is 2.73. The van der Waals surface area contributed by atoms with E-state index < -0.39 is 0 Å². The molecule has 0 aliphatic carbocycles. The number of nitrogens with zero attached hydrogens (tertiary/aromatic N) is 1. The van der Waals surface area contributed by atoms with Crippen molar-refractivity contribution in [3.05, 3.63) is 21.9 Å². The van der Waals surface area contributed by atoms with Gasteiger partial charge in [0.15, 0.2) is 0 Å². The molecule has 1 aromatic heterocycles. The first-order valence-electron chi connectivity index (χ1n) is 5.05. The Bertz CT molecular complexity index is 270. The molecular formula is C11H20N2S. The van der Waals surface area contributed by atoms with E-state index in [1.807, 2.05) is 18.4 Å². The highest BCUT2D eigenvalue weighted by Crippen LogP contribution is 2.26. The van der Waals surface area contributed by atoms with E-state index >= 15 is 0 Å². The summed E-state index contributed by atoms with van der Waals surface area (Å²) in [5.74, 6) is 0. The summed E-state index contributed by atoms with van der Waals surface area (Å²) in [6.07, 6.45) is 0. The first-order chi connectivity index (χ1) is 6.66. The lowest BCUT2D eigenvalue weighted by molar-refractivity contribution is 0.266. The average Bonchev–Trinajstić information content (AvgIpc) is 2.59. The van der Waals surface area contributed by atoms with Gasteiger partial charge in [-0.15, -0.1) is 11.3 Å². The molecule has 0 aromatic carbocycles. The minimum absolute atomic E-state index is 0.531. The summed E-state index contributed by atoms with van der Waals surface area (Å²) in [5, 5.41) is 5.35. The van der Waals surface area contributed by atoms with Crippen molar-refractivity contribution in [1.82, 2.24) is 10.2 Å². The molecule has 1 aromatic rings. The molecule has 0 bridgehead atoms. The smallest absolute Gasteiger partial charge is 0.0413 e. The Morgan fingerprint density at radius 1 is 1.57 bits per heavy atom. The summed E-state index contributed by atoms with van der Waals surface area (Å²) in [7, 11) is 4.18. The number of thiophene rings is 1. The molecule has 1 unspecified atom stereocenters. The number of likely N-dealkylation sites (N-methyl/N-ethyl adjacent to an activating group) is 2. The minimum Gasteiger partial charge on any atom is -0.318 e. The maximum Gasteiger partial charge on any atom is 0.0413 e. The molecule has 0 radical (unpaired) electrons. The van der Waals surface area contributed by atoms with E-state index in [-0.39, 0.29) is 0 Å². The Morgan fingerprint density at radius 2 is 2.29 bits per heavy atom. The predicted octanol–water partition coefficient (Wildman–Crippen LogP) is 2.27. The van der Waals surface area contributed by atoms with Crippen LogP contribution in [0.2, 0.25) is 0 Å². The molecule has 0 aliphatic rings. The zero-order chi connectivity index (χ0) is 10.6. The van der Waals surface area contributed by atoms with Crippen LogP contribution in [0.4, 0.5) is 0 Å². The number of nitrogens with one attached hydrogen (secondary N) is 1. The molecule has 1 rings (SSSR count). The van der Waals surface area contributed by atoms with Crippen LogP contribution in [0.1, 0.15) is 23.4 Å². The summed E-state index contributed by atoms with van der Waals surface area (Å²) in [6.45, 7) is 6.60. The van der Waals surface area contributed by atoms with Crippen molar-refractivity contribution in [3.63, 3.8) is 0 Å². The Balaban J connectivity index is 2.56. The van der Waals surface area contributed by atoms with Crippen molar-refractivity contribution in [2.45, 2.75) is 19.9 Å². The fraction of sp³-hybridized carbons (Fsp3) is 0.636. The van der Waals surface area contributed by atoms with Gasteiger partial charge in [0.05, 0.1) is 0 Å². The molecule has 1 N–H and O–H groups in total. The predicted molar refractivity (Wildman–Crippen MR) is 64.0 cm³/mol. The first-order valence-corrected chi connectivity index (χ1v) is 5.93. The molecule has 1 atom stereocenters. The van der Waals surface area contributed by atoms with Gasteiger partial charge in [-0.3, -0.25) is 4.90 Å². The maximum absolute atomic E-state index is 3.18. The van der Waals surface area contributed by atoms with Crippen LogP contribution in [0.15, 0.2) is 11.4 Å². The van der Waals surface area contributed by atoms with Gasteiger partial charge in [0.25, 0.3) is 0 Å². The Labute approximate surface area is 90.9 Å². The SMILES string of the molecule is CNCCN(C)C(C)c1sccc1C. The fourth-order valence-electron chi connectivity index (χ4n) is 1.49. The second-order valence-corrected chi connectivity index (χ2v) is 4.68. The topological polar surface area (TPSA) is 15.3 Å². The van der Waals surface area contributed by atoms with Crippen molar-refractivity contribution >= 4 is 11.3 Å². The summed E-state index contributed by atoms with van der Waals surface area (Å²) in [4.78, 5) is 3.87. The number of rotatable bonds is 5. The van der Waals surface area contributed by atoms with E-state index in [4.69, 9.17) is 0 Å². The van der Waals surface area contributed by atoms with E-state index in [9.17, 15) is 0 Å². The van der Waals surface area contributed by atoms with Crippen molar-refractivity contribution in [1.29, 1.82) is 0 Å². The second-order valence-electron chi connectivity index (χ2n) is 3.73. The van der Waals surface area contributed by atoms with E-state index in [0.29, 0.717) is 6.04 Å². The molecule has 1 heterocycles. The highest BCUT2D eigenvalue weighted by Gasteiger charge is 2.13. The third-order valence-electron chi connectivity index (χ3n) is 2.66. The van der Waals surface area contributed by atoms with Crippen LogP contribution in [-0.2, 0) is 0 Å². The molecule has 0 saturated carbocycles.